The third-order valence-corrected chi connectivity index (χ3v) is 2.55. The van der Waals surface area contributed by atoms with E-state index in [0.29, 0.717) is 6.92 Å². The van der Waals surface area contributed by atoms with Crippen LogP contribution in [0.3, 0.4) is 0 Å². The van der Waals surface area contributed by atoms with Crippen molar-refractivity contribution in [1.29, 1.82) is 0 Å². The second-order valence-corrected chi connectivity index (χ2v) is 4.06. The molecule has 0 fully saturated rings. The fourth-order valence-electron chi connectivity index (χ4n) is 1.16. The van der Waals surface area contributed by atoms with E-state index in [1.165, 1.54) is 12.4 Å². The van der Waals surface area contributed by atoms with Crippen LogP contribution >= 0.6 is 0 Å². The quantitative estimate of drug-likeness (QED) is 0.811. The van der Waals surface area contributed by atoms with Crippen LogP contribution in [0.15, 0.2) is 16.9 Å². The Morgan fingerprint density at radius 1 is 1.35 bits per heavy atom. The van der Waals surface area contributed by atoms with Crippen LogP contribution in [0.2, 0.25) is 0 Å². The van der Waals surface area contributed by atoms with Gasteiger partial charge in [-0.25, -0.2) is 9.48 Å². The number of carbonyl (C=O) groups is 2. The van der Waals surface area contributed by atoms with Gasteiger partial charge >= 0.3 is 12.1 Å². The van der Waals surface area contributed by atoms with E-state index in [4.69, 9.17) is 5.11 Å². The van der Waals surface area contributed by atoms with E-state index in [0.717, 1.165) is 16.8 Å². The number of hydrogen-bond acceptors (Lipinski definition) is 4. The topological polar surface area (TPSA) is 101 Å². The summed E-state index contributed by atoms with van der Waals surface area (Å²) in [6.07, 6.45) is -5.20. The minimum Gasteiger partial charge on any atom is -0.479 e. The average Bonchev–Trinajstić information content (AvgIpc) is 2.30. The molecule has 1 amide bonds. The maximum Gasteiger partial charge on any atom is 0.422 e. The Morgan fingerprint density at radius 3 is 2.30 bits per heavy atom. The number of nitrogens with zero attached hydrogens (tertiary/aromatic N) is 2. The lowest BCUT2D eigenvalue weighted by molar-refractivity contribution is -0.203. The SMILES string of the molecule is Cn1nc(C(=O)NC(C)(C(=O)O)C(F)(F)F)ccc1=O. The van der Waals surface area contributed by atoms with E-state index in [2.05, 4.69) is 5.10 Å². The van der Waals surface area contributed by atoms with E-state index in [-0.39, 0.29) is 0 Å². The molecule has 1 aromatic rings. The van der Waals surface area contributed by atoms with Gasteiger partial charge in [0.1, 0.15) is 5.69 Å². The van der Waals surface area contributed by atoms with Crippen LogP contribution in [0.5, 0.6) is 0 Å². The number of amides is 1. The standard InChI is InChI=1S/C10H10F3N3O4/c1-9(8(19)20,10(11,12)13)14-7(18)5-3-4-6(17)16(2)15-5/h3-4H,1-2H3,(H,14,18)(H,19,20). The molecule has 1 heterocycles. The van der Waals surface area contributed by atoms with E-state index in [1.807, 2.05) is 0 Å². The first kappa shape index (κ1) is 15.7. The van der Waals surface area contributed by atoms with Gasteiger partial charge in [0, 0.05) is 13.1 Å². The normalized spacial score (nSPS) is 14.4. The minimum atomic E-state index is -5.20. The highest BCUT2D eigenvalue weighted by Gasteiger charge is 2.58. The molecule has 0 bridgehead atoms. The molecule has 1 aromatic heterocycles. The number of carbonyl (C=O) groups excluding carboxylic acids is 1. The molecule has 1 rings (SSSR count). The molecule has 110 valence electrons. The fraction of sp³-hybridized carbons (Fsp3) is 0.400. The minimum absolute atomic E-state index is 0.315. The number of alkyl halides is 3. The Labute approximate surface area is 110 Å². The molecule has 1 unspecified atom stereocenters. The molecular weight excluding hydrogens is 283 g/mol. The van der Waals surface area contributed by atoms with Gasteiger partial charge in [0.2, 0.25) is 5.54 Å². The van der Waals surface area contributed by atoms with Gasteiger partial charge in [0.05, 0.1) is 0 Å². The van der Waals surface area contributed by atoms with Crippen LogP contribution in [0.25, 0.3) is 0 Å². The van der Waals surface area contributed by atoms with Crippen LogP contribution in [0.4, 0.5) is 13.2 Å². The van der Waals surface area contributed by atoms with Crippen molar-refractivity contribution in [1.82, 2.24) is 15.1 Å². The molecule has 0 aliphatic heterocycles. The summed E-state index contributed by atoms with van der Waals surface area (Å²) in [5.74, 6) is -3.62. The largest absolute Gasteiger partial charge is 0.479 e. The molecule has 7 nitrogen and oxygen atoms in total. The van der Waals surface area contributed by atoms with Gasteiger partial charge in [-0.1, -0.05) is 0 Å². The Bertz CT molecular complexity index is 611. The van der Waals surface area contributed by atoms with Gasteiger partial charge in [0.15, 0.2) is 0 Å². The zero-order valence-electron chi connectivity index (χ0n) is 10.4. The molecule has 0 spiro atoms. The van der Waals surface area contributed by atoms with Gasteiger partial charge < -0.3 is 10.4 Å². The smallest absolute Gasteiger partial charge is 0.422 e. The van der Waals surface area contributed by atoms with Crippen molar-refractivity contribution in [3.8, 4) is 0 Å². The number of aromatic nitrogens is 2. The lowest BCUT2D eigenvalue weighted by Crippen LogP contribution is -2.62. The molecule has 0 aliphatic rings. The molecule has 0 saturated carbocycles. The highest BCUT2D eigenvalue weighted by atomic mass is 19.4. The van der Waals surface area contributed by atoms with Crippen molar-refractivity contribution >= 4 is 11.9 Å². The molecule has 1 atom stereocenters. The predicted molar refractivity (Wildman–Crippen MR) is 59.0 cm³/mol. The number of halogens is 3. The van der Waals surface area contributed by atoms with Gasteiger partial charge in [-0.15, -0.1) is 0 Å². The molecule has 0 aromatic carbocycles. The van der Waals surface area contributed by atoms with Crippen LogP contribution in [-0.4, -0.2) is 38.5 Å². The lowest BCUT2D eigenvalue weighted by atomic mass is 10.0. The van der Waals surface area contributed by atoms with Gasteiger partial charge in [-0.2, -0.15) is 18.3 Å². The Balaban J connectivity index is 3.12. The van der Waals surface area contributed by atoms with Crippen molar-refractivity contribution in [3.05, 3.63) is 28.2 Å². The summed E-state index contributed by atoms with van der Waals surface area (Å²) >= 11 is 0. The molecule has 20 heavy (non-hydrogen) atoms. The number of carboxylic acids is 1. The summed E-state index contributed by atoms with van der Waals surface area (Å²) in [6, 6.07) is 1.82. The third-order valence-electron chi connectivity index (χ3n) is 2.55. The van der Waals surface area contributed by atoms with Crippen LogP contribution < -0.4 is 10.9 Å². The van der Waals surface area contributed by atoms with E-state index in [1.54, 1.807) is 0 Å². The molecule has 10 heteroatoms. The van der Waals surface area contributed by atoms with Crippen LogP contribution in [0, 0.1) is 0 Å². The predicted octanol–water partition coefficient (Wildman–Crippen LogP) is -0.0843. The molecule has 2 N–H and O–H groups in total. The Morgan fingerprint density at radius 2 is 1.90 bits per heavy atom. The second-order valence-electron chi connectivity index (χ2n) is 4.06. The maximum atomic E-state index is 12.7. The summed E-state index contributed by atoms with van der Waals surface area (Å²) in [7, 11) is 1.19. The molecule has 0 radical (unpaired) electrons. The number of aliphatic carboxylic acids is 1. The molecule has 0 aliphatic carbocycles. The first-order valence-corrected chi connectivity index (χ1v) is 5.16. The summed E-state index contributed by atoms with van der Waals surface area (Å²) in [4.78, 5) is 33.4. The number of aryl methyl sites for hydroxylation is 1. The third kappa shape index (κ3) is 2.78. The first-order chi connectivity index (χ1) is 8.99. The lowest BCUT2D eigenvalue weighted by Gasteiger charge is -2.28. The number of rotatable bonds is 3. The van der Waals surface area contributed by atoms with E-state index in [9.17, 15) is 27.6 Å². The second kappa shape index (κ2) is 4.94. The first-order valence-electron chi connectivity index (χ1n) is 5.16. The van der Waals surface area contributed by atoms with Gasteiger partial charge in [0.25, 0.3) is 11.5 Å². The highest BCUT2D eigenvalue weighted by Crippen LogP contribution is 2.30. The van der Waals surface area contributed by atoms with Crippen molar-refractivity contribution in [2.45, 2.75) is 18.6 Å². The number of hydrogen-bond donors (Lipinski definition) is 2. The summed E-state index contributed by atoms with van der Waals surface area (Å²) < 4.78 is 38.8. The zero-order chi connectivity index (χ0) is 15.7. The zero-order valence-corrected chi connectivity index (χ0v) is 10.4. The fourth-order valence-corrected chi connectivity index (χ4v) is 1.16. The Kier molecular flexibility index (Phi) is 3.87. The molecular formula is C10H10F3N3O4. The molecule has 0 saturated heterocycles. The van der Waals surface area contributed by atoms with Crippen molar-refractivity contribution < 1.29 is 27.9 Å². The van der Waals surface area contributed by atoms with Gasteiger partial charge in [-0.3, -0.25) is 9.59 Å². The summed E-state index contributed by atoms with van der Waals surface area (Å²) in [5, 5.41) is 13.4. The van der Waals surface area contributed by atoms with Crippen molar-refractivity contribution in [2.75, 3.05) is 0 Å². The van der Waals surface area contributed by atoms with Crippen molar-refractivity contribution in [2.24, 2.45) is 7.05 Å². The van der Waals surface area contributed by atoms with Crippen molar-refractivity contribution in [3.63, 3.8) is 0 Å². The van der Waals surface area contributed by atoms with E-state index >= 15 is 0 Å². The maximum absolute atomic E-state index is 12.7. The summed E-state index contributed by atoms with van der Waals surface area (Å²) in [6.45, 7) is 0.315. The number of nitrogens with one attached hydrogen (secondary N) is 1. The van der Waals surface area contributed by atoms with Crippen LogP contribution in [-0.2, 0) is 11.8 Å². The average molecular weight is 293 g/mol. The number of carboxylic acid groups (broad SMARTS) is 1. The summed E-state index contributed by atoms with van der Waals surface area (Å²) in [5.41, 5.74) is -4.54. The van der Waals surface area contributed by atoms with E-state index < -0.39 is 34.8 Å². The van der Waals surface area contributed by atoms with Crippen LogP contribution in [0.1, 0.15) is 17.4 Å². The van der Waals surface area contributed by atoms with Gasteiger partial charge in [-0.05, 0) is 13.0 Å². The highest BCUT2D eigenvalue weighted by molar-refractivity contribution is 5.96. The Hall–Kier alpha value is -2.39. The monoisotopic (exact) mass is 293 g/mol.